The third-order valence-electron chi connectivity index (χ3n) is 4.92. The van der Waals surface area contributed by atoms with Crippen LogP contribution in [-0.2, 0) is 4.74 Å². The van der Waals surface area contributed by atoms with Gasteiger partial charge in [0.2, 0.25) is 5.88 Å². The Bertz CT molecular complexity index is 1140. The standard InChI is InChI=1S/C24H20N2O3/c1-3-28-15-26-24-21(14-25)22(17-8-11-18(27-2)12-9-17)20-13-10-16-6-4-5-7-19(16)23(20)29-24/h4-13,15,22H,3H2,1-2H3/t22-/m1/s1. The lowest BCUT2D eigenvalue weighted by Crippen LogP contribution is -2.16. The molecule has 0 unspecified atom stereocenters. The minimum Gasteiger partial charge on any atom is -0.497 e. The highest BCUT2D eigenvalue weighted by Crippen LogP contribution is 2.46. The van der Waals surface area contributed by atoms with E-state index in [2.05, 4.69) is 17.1 Å². The van der Waals surface area contributed by atoms with Crippen LogP contribution < -0.4 is 9.47 Å². The molecule has 4 rings (SSSR count). The third-order valence-corrected chi connectivity index (χ3v) is 4.92. The van der Waals surface area contributed by atoms with Crippen LogP contribution in [0.4, 0.5) is 0 Å². The molecule has 1 aliphatic heterocycles. The molecular weight excluding hydrogens is 364 g/mol. The maximum Gasteiger partial charge on any atom is 0.236 e. The van der Waals surface area contributed by atoms with Crippen LogP contribution in [0.3, 0.4) is 0 Å². The van der Waals surface area contributed by atoms with Crippen LogP contribution in [0.15, 0.2) is 77.1 Å². The summed E-state index contributed by atoms with van der Waals surface area (Å²) in [6, 6.07) is 22.1. The van der Waals surface area contributed by atoms with E-state index in [1.54, 1.807) is 7.11 Å². The van der Waals surface area contributed by atoms with Crippen LogP contribution in [0.1, 0.15) is 24.0 Å². The van der Waals surface area contributed by atoms with Gasteiger partial charge in [0.1, 0.15) is 23.1 Å². The van der Waals surface area contributed by atoms with Gasteiger partial charge < -0.3 is 14.2 Å². The number of hydrogen-bond acceptors (Lipinski definition) is 5. The quantitative estimate of drug-likeness (QED) is 0.449. The van der Waals surface area contributed by atoms with Crippen molar-refractivity contribution in [2.45, 2.75) is 12.8 Å². The number of ether oxygens (including phenoxy) is 3. The summed E-state index contributed by atoms with van der Waals surface area (Å²) in [5.74, 6) is 1.43. The Hall–Kier alpha value is -3.78. The molecule has 3 aromatic carbocycles. The minimum absolute atomic E-state index is 0.255. The Balaban J connectivity index is 1.94. The predicted octanol–water partition coefficient (Wildman–Crippen LogP) is 5.17. The first-order chi connectivity index (χ1) is 14.3. The zero-order valence-corrected chi connectivity index (χ0v) is 16.3. The van der Waals surface area contributed by atoms with Crippen molar-refractivity contribution in [2.24, 2.45) is 4.99 Å². The van der Waals surface area contributed by atoms with E-state index in [-0.39, 0.29) is 11.8 Å². The van der Waals surface area contributed by atoms with Gasteiger partial charge in [-0.2, -0.15) is 10.3 Å². The van der Waals surface area contributed by atoms with Crippen molar-refractivity contribution >= 4 is 17.2 Å². The number of benzene rings is 3. The summed E-state index contributed by atoms with van der Waals surface area (Å²) >= 11 is 0. The summed E-state index contributed by atoms with van der Waals surface area (Å²) in [6.45, 7) is 2.36. The fourth-order valence-electron chi connectivity index (χ4n) is 3.54. The average molecular weight is 384 g/mol. The van der Waals surface area contributed by atoms with Crippen molar-refractivity contribution in [3.63, 3.8) is 0 Å². The minimum atomic E-state index is -0.298. The monoisotopic (exact) mass is 384 g/mol. The molecule has 0 bridgehead atoms. The number of hydrogen-bond donors (Lipinski definition) is 0. The number of rotatable bonds is 5. The lowest BCUT2D eigenvalue weighted by atomic mass is 9.82. The summed E-state index contributed by atoms with van der Waals surface area (Å²) in [4.78, 5) is 4.30. The topological polar surface area (TPSA) is 63.8 Å². The molecule has 0 aliphatic carbocycles. The molecular formula is C24H20N2O3. The average Bonchev–Trinajstić information content (AvgIpc) is 2.78. The molecule has 0 aromatic heterocycles. The van der Waals surface area contributed by atoms with Gasteiger partial charge in [0.05, 0.1) is 19.6 Å². The van der Waals surface area contributed by atoms with E-state index in [0.29, 0.717) is 17.9 Å². The maximum absolute atomic E-state index is 9.96. The van der Waals surface area contributed by atoms with Gasteiger partial charge in [0.15, 0.2) is 6.40 Å². The van der Waals surface area contributed by atoms with Crippen LogP contribution in [0.2, 0.25) is 0 Å². The number of nitrogens with zero attached hydrogens (tertiary/aromatic N) is 2. The van der Waals surface area contributed by atoms with Gasteiger partial charge in [-0.3, -0.25) is 0 Å². The van der Waals surface area contributed by atoms with Gasteiger partial charge in [0.25, 0.3) is 0 Å². The Kier molecular flexibility index (Phi) is 5.17. The van der Waals surface area contributed by atoms with E-state index in [9.17, 15) is 5.26 Å². The molecule has 0 saturated heterocycles. The van der Waals surface area contributed by atoms with Crippen molar-refractivity contribution in [1.29, 1.82) is 5.26 Å². The molecule has 5 heteroatoms. The van der Waals surface area contributed by atoms with Crippen LogP contribution in [0.5, 0.6) is 11.5 Å². The SMILES string of the molecule is CCOC=NC1=C(C#N)[C@H](c2ccc(OC)cc2)c2ccc3ccccc3c2O1. The first-order valence-corrected chi connectivity index (χ1v) is 9.38. The molecule has 0 spiro atoms. The summed E-state index contributed by atoms with van der Waals surface area (Å²) in [5.41, 5.74) is 2.33. The third kappa shape index (κ3) is 3.41. The second kappa shape index (κ2) is 8.07. The molecule has 0 fully saturated rings. The Labute approximate surface area is 169 Å². The lowest BCUT2D eigenvalue weighted by molar-refractivity contribution is 0.336. The van der Waals surface area contributed by atoms with E-state index in [1.165, 1.54) is 6.40 Å². The first-order valence-electron chi connectivity index (χ1n) is 9.38. The molecule has 1 heterocycles. The van der Waals surface area contributed by atoms with E-state index in [0.717, 1.165) is 27.6 Å². The predicted molar refractivity (Wildman–Crippen MR) is 112 cm³/mol. The van der Waals surface area contributed by atoms with Gasteiger partial charge in [-0.25, -0.2) is 0 Å². The highest BCUT2D eigenvalue weighted by atomic mass is 16.5. The van der Waals surface area contributed by atoms with E-state index in [4.69, 9.17) is 14.2 Å². The Morgan fingerprint density at radius 3 is 2.62 bits per heavy atom. The second-order valence-corrected chi connectivity index (χ2v) is 6.53. The summed E-state index contributed by atoms with van der Waals surface area (Å²) in [5, 5.41) is 12.0. The highest BCUT2D eigenvalue weighted by molar-refractivity contribution is 5.91. The summed E-state index contributed by atoms with van der Waals surface area (Å²) < 4.78 is 16.7. The maximum atomic E-state index is 9.96. The van der Waals surface area contributed by atoms with Crippen molar-refractivity contribution in [2.75, 3.05) is 13.7 Å². The van der Waals surface area contributed by atoms with Crippen molar-refractivity contribution in [1.82, 2.24) is 0 Å². The molecule has 29 heavy (non-hydrogen) atoms. The number of allylic oxidation sites excluding steroid dienone is 1. The van der Waals surface area contributed by atoms with Gasteiger partial charge >= 0.3 is 0 Å². The van der Waals surface area contributed by atoms with Crippen molar-refractivity contribution in [3.05, 3.63) is 83.2 Å². The molecule has 0 radical (unpaired) electrons. The van der Waals surface area contributed by atoms with Gasteiger partial charge in [-0.1, -0.05) is 48.5 Å². The molecule has 1 atom stereocenters. The first kappa shape index (κ1) is 18.6. The summed E-state index contributed by atoms with van der Waals surface area (Å²) in [7, 11) is 1.63. The molecule has 1 aliphatic rings. The van der Waals surface area contributed by atoms with Crippen molar-refractivity contribution < 1.29 is 14.2 Å². The van der Waals surface area contributed by atoms with Gasteiger partial charge in [-0.05, 0) is 30.0 Å². The van der Waals surface area contributed by atoms with Crippen LogP contribution in [0, 0.1) is 11.3 Å². The smallest absolute Gasteiger partial charge is 0.236 e. The number of nitriles is 1. The fraction of sp³-hybridized carbons (Fsp3) is 0.167. The normalized spacial score (nSPS) is 15.7. The largest absolute Gasteiger partial charge is 0.497 e. The van der Waals surface area contributed by atoms with E-state index in [1.807, 2.05) is 61.5 Å². The van der Waals surface area contributed by atoms with Crippen LogP contribution >= 0.6 is 0 Å². The Morgan fingerprint density at radius 2 is 1.90 bits per heavy atom. The number of methoxy groups -OCH3 is 1. The molecule has 0 N–H and O–H groups in total. The van der Waals surface area contributed by atoms with Gasteiger partial charge in [0, 0.05) is 10.9 Å². The zero-order valence-electron chi connectivity index (χ0n) is 16.3. The molecule has 0 amide bonds. The molecule has 5 nitrogen and oxygen atoms in total. The number of aliphatic imine (C=N–C) groups is 1. The molecule has 3 aromatic rings. The molecule has 0 saturated carbocycles. The fourth-order valence-corrected chi connectivity index (χ4v) is 3.54. The lowest BCUT2D eigenvalue weighted by Gasteiger charge is -2.27. The van der Waals surface area contributed by atoms with Crippen molar-refractivity contribution in [3.8, 4) is 17.6 Å². The summed E-state index contributed by atoms with van der Waals surface area (Å²) in [6.07, 6.45) is 1.33. The number of fused-ring (bicyclic) bond motifs is 3. The van der Waals surface area contributed by atoms with Gasteiger partial charge in [-0.15, -0.1) is 0 Å². The Morgan fingerprint density at radius 1 is 1.10 bits per heavy atom. The molecule has 144 valence electrons. The van der Waals surface area contributed by atoms with E-state index >= 15 is 0 Å². The zero-order chi connectivity index (χ0) is 20.2. The van der Waals surface area contributed by atoms with Crippen LogP contribution in [0.25, 0.3) is 10.8 Å². The van der Waals surface area contributed by atoms with Crippen LogP contribution in [-0.4, -0.2) is 20.1 Å². The highest BCUT2D eigenvalue weighted by Gasteiger charge is 2.32. The van der Waals surface area contributed by atoms with E-state index < -0.39 is 0 Å². The second-order valence-electron chi connectivity index (χ2n) is 6.53.